The van der Waals surface area contributed by atoms with Gasteiger partial charge in [0.1, 0.15) is 0 Å². The quantitative estimate of drug-likeness (QED) is 0.786. The molecule has 0 aromatic heterocycles. The van der Waals surface area contributed by atoms with Crippen LogP contribution in [-0.2, 0) is 6.42 Å². The molecular formula is C15H26N2. The molecule has 0 aliphatic rings. The Hall–Kier alpha value is -0.860. The average molecular weight is 234 g/mol. The summed E-state index contributed by atoms with van der Waals surface area (Å²) < 4.78 is 0. The summed E-state index contributed by atoms with van der Waals surface area (Å²) >= 11 is 0. The first-order valence-electron chi connectivity index (χ1n) is 6.63. The lowest BCUT2D eigenvalue weighted by Gasteiger charge is -2.41. The van der Waals surface area contributed by atoms with Crippen LogP contribution in [0.1, 0.15) is 32.3 Å². The summed E-state index contributed by atoms with van der Waals surface area (Å²) in [6.07, 6.45) is 3.30. The Balaban J connectivity index is 2.84. The topological polar surface area (TPSA) is 29.3 Å². The van der Waals surface area contributed by atoms with E-state index in [0.717, 1.165) is 25.9 Å². The molecule has 1 aromatic carbocycles. The van der Waals surface area contributed by atoms with Gasteiger partial charge in [-0.3, -0.25) is 4.90 Å². The molecule has 17 heavy (non-hydrogen) atoms. The maximum absolute atomic E-state index is 6.06. The third kappa shape index (κ3) is 3.55. The van der Waals surface area contributed by atoms with Gasteiger partial charge in [0.05, 0.1) is 0 Å². The molecule has 0 saturated carbocycles. The number of hydrogen-bond acceptors (Lipinski definition) is 2. The highest BCUT2D eigenvalue weighted by Gasteiger charge is 2.30. The van der Waals surface area contributed by atoms with E-state index in [-0.39, 0.29) is 5.54 Å². The summed E-state index contributed by atoms with van der Waals surface area (Å²) in [6.45, 7) is 6.28. The first-order valence-corrected chi connectivity index (χ1v) is 6.63. The SMILES string of the molecule is CCCN(C)C(CC)(CN)Cc1ccccc1. The Bertz CT molecular complexity index is 304. The molecule has 1 rings (SSSR count). The maximum atomic E-state index is 6.06. The average Bonchev–Trinajstić information content (AvgIpc) is 2.37. The summed E-state index contributed by atoms with van der Waals surface area (Å²) in [5, 5.41) is 0. The van der Waals surface area contributed by atoms with Crippen molar-refractivity contribution >= 4 is 0 Å². The number of nitrogens with two attached hydrogens (primary N) is 1. The van der Waals surface area contributed by atoms with Gasteiger partial charge in [-0.2, -0.15) is 0 Å². The van der Waals surface area contributed by atoms with E-state index < -0.39 is 0 Å². The highest BCUT2D eigenvalue weighted by molar-refractivity contribution is 5.18. The minimum Gasteiger partial charge on any atom is -0.329 e. The summed E-state index contributed by atoms with van der Waals surface area (Å²) in [4.78, 5) is 2.43. The van der Waals surface area contributed by atoms with Crippen LogP contribution in [0.25, 0.3) is 0 Å². The Labute approximate surface area is 106 Å². The van der Waals surface area contributed by atoms with Crippen LogP contribution in [0.3, 0.4) is 0 Å². The Kier molecular flexibility index (Phi) is 5.66. The van der Waals surface area contributed by atoms with E-state index in [4.69, 9.17) is 5.73 Å². The molecule has 1 aromatic rings. The summed E-state index contributed by atoms with van der Waals surface area (Å²) in [7, 11) is 2.20. The normalized spacial score (nSPS) is 14.9. The standard InChI is InChI=1S/C15H26N2/c1-4-11-17(3)15(5-2,13-16)12-14-9-7-6-8-10-14/h6-10H,4-5,11-13,16H2,1-3H3. The van der Waals surface area contributed by atoms with Gasteiger partial charge in [0, 0.05) is 12.1 Å². The zero-order valence-corrected chi connectivity index (χ0v) is 11.4. The Morgan fingerprint density at radius 1 is 1.18 bits per heavy atom. The van der Waals surface area contributed by atoms with Gasteiger partial charge in [-0.25, -0.2) is 0 Å². The molecule has 0 bridgehead atoms. The number of benzene rings is 1. The van der Waals surface area contributed by atoms with E-state index in [1.165, 1.54) is 12.0 Å². The molecule has 96 valence electrons. The van der Waals surface area contributed by atoms with Crippen molar-refractivity contribution in [3.63, 3.8) is 0 Å². The van der Waals surface area contributed by atoms with E-state index in [9.17, 15) is 0 Å². The van der Waals surface area contributed by atoms with Crippen molar-refractivity contribution in [2.24, 2.45) is 5.73 Å². The van der Waals surface area contributed by atoms with Crippen LogP contribution in [0.15, 0.2) is 30.3 Å². The molecule has 0 heterocycles. The lowest BCUT2D eigenvalue weighted by molar-refractivity contribution is 0.120. The minimum atomic E-state index is 0.108. The monoisotopic (exact) mass is 234 g/mol. The molecular weight excluding hydrogens is 208 g/mol. The largest absolute Gasteiger partial charge is 0.329 e. The molecule has 2 heteroatoms. The number of likely N-dealkylation sites (N-methyl/N-ethyl adjacent to an activating group) is 1. The van der Waals surface area contributed by atoms with E-state index in [1.54, 1.807) is 0 Å². The van der Waals surface area contributed by atoms with Crippen molar-refractivity contribution in [1.82, 2.24) is 4.90 Å². The van der Waals surface area contributed by atoms with Crippen molar-refractivity contribution in [2.45, 2.75) is 38.6 Å². The molecule has 0 saturated heterocycles. The molecule has 1 unspecified atom stereocenters. The molecule has 0 fully saturated rings. The molecule has 0 aliphatic carbocycles. The second kappa shape index (κ2) is 6.77. The van der Waals surface area contributed by atoms with Gasteiger partial charge >= 0.3 is 0 Å². The fourth-order valence-corrected chi connectivity index (χ4v) is 2.45. The van der Waals surface area contributed by atoms with Crippen molar-refractivity contribution in [3.05, 3.63) is 35.9 Å². The summed E-state index contributed by atoms with van der Waals surface area (Å²) in [5.74, 6) is 0. The van der Waals surface area contributed by atoms with Crippen LogP contribution < -0.4 is 5.73 Å². The third-order valence-electron chi connectivity index (χ3n) is 3.78. The van der Waals surface area contributed by atoms with Gasteiger partial charge in [-0.15, -0.1) is 0 Å². The Morgan fingerprint density at radius 2 is 1.82 bits per heavy atom. The lowest BCUT2D eigenvalue weighted by atomic mass is 9.86. The van der Waals surface area contributed by atoms with Gasteiger partial charge in [0.2, 0.25) is 0 Å². The van der Waals surface area contributed by atoms with Crippen LogP contribution >= 0.6 is 0 Å². The van der Waals surface area contributed by atoms with E-state index in [1.807, 2.05) is 0 Å². The van der Waals surface area contributed by atoms with Crippen LogP contribution in [0, 0.1) is 0 Å². The molecule has 2 nitrogen and oxygen atoms in total. The smallest absolute Gasteiger partial charge is 0.0366 e. The number of rotatable bonds is 7. The lowest BCUT2D eigenvalue weighted by Crippen LogP contribution is -2.53. The number of nitrogens with zero attached hydrogens (tertiary/aromatic N) is 1. The summed E-state index contributed by atoms with van der Waals surface area (Å²) in [6, 6.07) is 10.7. The highest BCUT2D eigenvalue weighted by atomic mass is 15.2. The highest BCUT2D eigenvalue weighted by Crippen LogP contribution is 2.23. The molecule has 2 N–H and O–H groups in total. The van der Waals surface area contributed by atoms with E-state index in [0.29, 0.717) is 0 Å². The van der Waals surface area contributed by atoms with Crippen molar-refractivity contribution in [3.8, 4) is 0 Å². The Morgan fingerprint density at radius 3 is 2.29 bits per heavy atom. The van der Waals surface area contributed by atoms with Crippen molar-refractivity contribution < 1.29 is 0 Å². The third-order valence-corrected chi connectivity index (χ3v) is 3.78. The van der Waals surface area contributed by atoms with Crippen LogP contribution in [0.4, 0.5) is 0 Å². The van der Waals surface area contributed by atoms with Crippen LogP contribution in [-0.4, -0.2) is 30.6 Å². The predicted octanol–water partition coefficient (Wildman–Crippen LogP) is 2.68. The first kappa shape index (κ1) is 14.2. The van der Waals surface area contributed by atoms with Gasteiger partial charge in [-0.05, 0) is 38.4 Å². The fraction of sp³-hybridized carbons (Fsp3) is 0.600. The zero-order valence-electron chi connectivity index (χ0n) is 11.4. The van der Waals surface area contributed by atoms with Gasteiger partial charge < -0.3 is 5.73 Å². The van der Waals surface area contributed by atoms with Gasteiger partial charge in [0.25, 0.3) is 0 Å². The summed E-state index contributed by atoms with van der Waals surface area (Å²) in [5.41, 5.74) is 7.54. The number of hydrogen-bond donors (Lipinski definition) is 1. The second-order valence-corrected chi connectivity index (χ2v) is 4.87. The van der Waals surface area contributed by atoms with Crippen molar-refractivity contribution in [1.29, 1.82) is 0 Å². The van der Waals surface area contributed by atoms with Crippen molar-refractivity contribution in [2.75, 3.05) is 20.1 Å². The molecule has 0 amide bonds. The van der Waals surface area contributed by atoms with E-state index >= 15 is 0 Å². The van der Waals surface area contributed by atoms with Crippen LogP contribution in [0.2, 0.25) is 0 Å². The molecule has 1 atom stereocenters. The minimum absolute atomic E-state index is 0.108. The second-order valence-electron chi connectivity index (χ2n) is 4.87. The molecule has 0 aliphatic heterocycles. The zero-order chi connectivity index (χ0) is 12.7. The fourth-order valence-electron chi connectivity index (χ4n) is 2.45. The van der Waals surface area contributed by atoms with Gasteiger partial charge in [-0.1, -0.05) is 44.2 Å². The van der Waals surface area contributed by atoms with Crippen LogP contribution in [0.5, 0.6) is 0 Å². The molecule has 0 radical (unpaired) electrons. The predicted molar refractivity (Wildman–Crippen MR) is 75.1 cm³/mol. The molecule has 0 spiro atoms. The first-order chi connectivity index (χ1) is 8.18. The van der Waals surface area contributed by atoms with E-state index in [2.05, 4.69) is 56.1 Å². The van der Waals surface area contributed by atoms with Gasteiger partial charge in [0.15, 0.2) is 0 Å². The maximum Gasteiger partial charge on any atom is 0.0366 e.